The van der Waals surface area contributed by atoms with Crippen LogP contribution in [-0.4, -0.2) is 30.1 Å². The molecule has 4 nitrogen and oxygen atoms in total. The number of nitrogens with zero attached hydrogens (tertiary/aromatic N) is 2. The molecule has 1 aromatic heterocycles. The lowest BCUT2D eigenvalue weighted by Gasteiger charge is -2.27. The molecule has 0 radical (unpaired) electrons. The van der Waals surface area contributed by atoms with E-state index in [4.69, 9.17) is 5.84 Å². The summed E-state index contributed by atoms with van der Waals surface area (Å²) >= 11 is 1.88. The number of aromatic nitrogens is 1. The van der Waals surface area contributed by atoms with Gasteiger partial charge in [0.1, 0.15) is 5.82 Å². The maximum absolute atomic E-state index is 5.34. The van der Waals surface area contributed by atoms with Crippen molar-refractivity contribution >= 4 is 23.3 Å². The fourth-order valence-corrected chi connectivity index (χ4v) is 2.03. The smallest absolute Gasteiger partial charge is 0.141 e. The van der Waals surface area contributed by atoms with Gasteiger partial charge >= 0.3 is 0 Å². The third-order valence-electron chi connectivity index (χ3n) is 2.70. The first kappa shape index (κ1) is 13.1. The van der Waals surface area contributed by atoms with Crippen LogP contribution in [0.5, 0.6) is 0 Å². The molecule has 1 rings (SSSR count). The molecule has 1 atom stereocenters. The van der Waals surface area contributed by atoms with Gasteiger partial charge in [-0.1, -0.05) is 0 Å². The molecule has 5 heteroatoms. The SMILES string of the molecule is CSCCC(C)N(C)c1ccnc(NN)c1. The molecular formula is C11H20N4S. The monoisotopic (exact) mass is 240 g/mol. The first-order chi connectivity index (χ1) is 7.69. The van der Waals surface area contributed by atoms with Crippen molar-refractivity contribution in [1.29, 1.82) is 0 Å². The topological polar surface area (TPSA) is 54.2 Å². The van der Waals surface area contributed by atoms with Crippen LogP contribution in [-0.2, 0) is 0 Å². The van der Waals surface area contributed by atoms with Gasteiger partial charge in [0.2, 0.25) is 0 Å². The van der Waals surface area contributed by atoms with Crippen molar-refractivity contribution in [2.45, 2.75) is 19.4 Å². The van der Waals surface area contributed by atoms with Crippen molar-refractivity contribution in [3.8, 4) is 0 Å². The molecule has 0 fully saturated rings. The van der Waals surface area contributed by atoms with E-state index in [0.717, 1.165) is 5.69 Å². The third kappa shape index (κ3) is 3.57. The minimum absolute atomic E-state index is 0.514. The fourth-order valence-electron chi connectivity index (χ4n) is 1.45. The molecular weight excluding hydrogens is 220 g/mol. The number of thioether (sulfide) groups is 1. The number of nitrogen functional groups attached to an aromatic ring is 1. The predicted molar refractivity (Wildman–Crippen MR) is 72.9 cm³/mol. The van der Waals surface area contributed by atoms with Gasteiger partial charge in [0.05, 0.1) is 0 Å². The zero-order valence-electron chi connectivity index (χ0n) is 10.1. The van der Waals surface area contributed by atoms with Crippen LogP contribution in [0.25, 0.3) is 0 Å². The van der Waals surface area contributed by atoms with E-state index in [-0.39, 0.29) is 0 Å². The highest BCUT2D eigenvalue weighted by Crippen LogP contribution is 2.19. The van der Waals surface area contributed by atoms with Crippen molar-refractivity contribution in [3.63, 3.8) is 0 Å². The number of nitrogens with two attached hydrogens (primary N) is 1. The van der Waals surface area contributed by atoms with Crippen molar-refractivity contribution in [1.82, 2.24) is 4.98 Å². The molecule has 90 valence electrons. The summed E-state index contributed by atoms with van der Waals surface area (Å²) in [5.74, 6) is 7.22. The van der Waals surface area contributed by atoms with Gasteiger partial charge in [0, 0.05) is 31.0 Å². The number of hydrogen-bond donors (Lipinski definition) is 2. The molecule has 0 amide bonds. The van der Waals surface area contributed by atoms with Gasteiger partial charge in [-0.2, -0.15) is 11.8 Å². The average Bonchev–Trinajstić information content (AvgIpc) is 2.35. The molecule has 0 saturated heterocycles. The quantitative estimate of drug-likeness (QED) is 0.588. The summed E-state index contributed by atoms with van der Waals surface area (Å²) in [6, 6.07) is 4.46. The molecule has 0 aliphatic heterocycles. The van der Waals surface area contributed by atoms with E-state index in [1.54, 1.807) is 6.20 Å². The van der Waals surface area contributed by atoms with E-state index in [1.807, 2.05) is 23.9 Å². The van der Waals surface area contributed by atoms with Crippen molar-refractivity contribution in [2.24, 2.45) is 5.84 Å². The first-order valence-corrected chi connectivity index (χ1v) is 6.73. The predicted octanol–water partition coefficient (Wildman–Crippen LogP) is 1.94. The summed E-state index contributed by atoms with van der Waals surface area (Å²) in [7, 11) is 2.10. The van der Waals surface area contributed by atoms with E-state index < -0.39 is 0 Å². The fraction of sp³-hybridized carbons (Fsp3) is 0.545. The van der Waals surface area contributed by atoms with E-state index in [2.05, 4.69) is 35.5 Å². The van der Waals surface area contributed by atoms with Gasteiger partial charge in [0.15, 0.2) is 0 Å². The highest BCUT2D eigenvalue weighted by atomic mass is 32.2. The number of pyridine rings is 1. The Hall–Kier alpha value is -0.940. The molecule has 0 aliphatic rings. The lowest BCUT2D eigenvalue weighted by molar-refractivity contribution is 0.669. The zero-order chi connectivity index (χ0) is 12.0. The first-order valence-electron chi connectivity index (χ1n) is 5.33. The average molecular weight is 240 g/mol. The minimum Gasteiger partial charge on any atom is -0.372 e. The number of nitrogens with one attached hydrogen (secondary N) is 1. The number of rotatable bonds is 6. The van der Waals surface area contributed by atoms with Crippen LogP contribution in [0.3, 0.4) is 0 Å². The van der Waals surface area contributed by atoms with Crippen molar-refractivity contribution in [2.75, 3.05) is 29.4 Å². The molecule has 1 aromatic rings. The standard InChI is InChI=1S/C11H20N4S/c1-9(5-7-16-3)15(2)10-4-6-13-11(8-10)14-12/h4,6,8-9H,5,7,12H2,1-3H3,(H,13,14). The summed E-state index contributed by atoms with van der Waals surface area (Å²) < 4.78 is 0. The van der Waals surface area contributed by atoms with E-state index in [9.17, 15) is 0 Å². The largest absolute Gasteiger partial charge is 0.372 e. The highest BCUT2D eigenvalue weighted by Gasteiger charge is 2.09. The second kappa shape index (κ2) is 6.60. The van der Waals surface area contributed by atoms with E-state index >= 15 is 0 Å². The molecule has 0 spiro atoms. The maximum atomic E-state index is 5.34. The Bertz CT molecular complexity index is 319. The summed E-state index contributed by atoms with van der Waals surface area (Å²) in [6.07, 6.45) is 5.07. The Morgan fingerprint density at radius 2 is 2.38 bits per heavy atom. The molecule has 0 saturated carbocycles. The van der Waals surface area contributed by atoms with Gasteiger partial charge in [0.25, 0.3) is 0 Å². The van der Waals surface area contributed by atoms with E-state index in [1.165, 1.54) is 12.2 Å². The van der Waals surface area contributed by atoms with Crippen LogP contribution in [0.15, 0.2) is 18.3 Å². The van der Waals surface area contributed by atoms with Crippen molar-refractivity contribution in [3.05, 3.63) is 18.3 Å². The summed E-state index contributed by atoms with van der Waals surface area (Å²) in [4.78, 5) is 6.34. The van der Waals surface area contributed by atoms with Crippen LogP contribution in [0.2, 0.25) is 0 Å². The van der Waals surface area contributed by atoms with Crippen molar-refractivity contribution < 1.29 is 0 Å². The summed E-state index contributed by atoms with van der Waals surface area (Å²) in [6.45, 7) is 2.23. The molecule has 0 aliphatic carbocycles. The molecule has 1 heterocycles. The second-order valence-electron chi connectivity index (χ2n) is 3.79. The second-order valence-corrected chi connectivity index (χ2v) is 4.77. The van der Waals surface area contributed by atoms with Gasteiger partial charge in [-0.3, -0.25) is 0 Å². The summed E-state index contributed by atoms with van der Waals surface area (Å²) in [5.41, 5.74) is 3.70. The molecule has 1 unspecified atom stereocenters. The minimum atomic E-state index is 0.514. The molecule has 0 bridgehead atoms. The Morgan fingerprint density at radius 1 is 1.62 bits per heavy atom. The van der Waals surface area contributed by atoms with E-state index in [0.29, 0.717) is 11.9 Å². The highest BCUT2D eigenvalue weighted by molar-refractivity contribution is 7.98. The van der Waals surface area contributed by atoms with Gasteiger partial charge in [-0.05, 0) is 31.4 Å². The lowest BCUT2D eigenvalue weighted by Crippen LogP contribution is -2.29. The normalized spacial score (nSPS) is 12.2. The summed E-state index contributed by atoms with van der Waals surface area (Å²) in [5, 5.41) is 0. The number of anilines is 2. The van der Waals surface area contributed by atoms with Crippen LogP contribution in [0.4, 0.5) is 11.5 Å². The Balaban J connectivity index is 2.67. The van der Waals surface area contributed by atoms with Crippen LogP contribution in [0, 0.1) is 0 Å². The molecule has 3 N–H and O–H groups in total. The lowest BCUT2D eigenvalue weighted by atomic mass is 10.2. The Morgan fingerprint density at radius 3 is 3.00 bits per heavy atom. The zero-order valence-corrected chi connectivity index (χ0v) is 10.9. The van der Waals surface area contributed by atoms with Gasteiger partial charge < -0.3 is 10.3 Å². The Labute approximate surface area is 102 Å². The van der Waals surface area contributed by atoms with Gasteiger partial charge in [-0.15, -0.1) is 0 Å². The van der Waals surface area contributed by atoms with Crippen LogP contribution in [0.1, 0.15) is 13.3 Å². The Kier molecular flexibility index (Phi) is 5.42. The van der Waals surface area contributed by atoms with Crippen LogP contribution >= 0.6 is 11.8 Å². The molecule has 16 heavy (non-hydrogen) atoms. The number of hydrazine groups is 1. The number of hydrogen-bond acceptors (Lipinski definition) is 5. The van der Waals surface area contributed by atoms with Gasteiger partial charge in [-0.25, -0.2) is 10.8 Å². The molecule has 0 aromatic carbocycles. The van der Waals surface area contributed by atoms with Crippen LogP contribution < -0.4 is 16.2 Å². The third-order valence-corrected chi connectivity index (χ3v) is 3.34. The maximum Gasteiger partial charge on any atom is 0.141 e.